The second kappa shape index (κ2) is 4.72. The van der Waals surface area contributed by atoms with Gasteiger partial charge in [-0.3, -0.25) is 9.97 Å². The van der Waals surface area contributed by atoms with E-state index in [4.69, 9.17) is 0 Å². The Labute approximate surface area is 108 Å². The Morgan fingerprint density at radius 3 is 1.68 bits per heavy atom. The second-order valence-electron chi connectivity index (χ2n) is 3.78. The zero-order valence-electron chi connectivity index (χ0n) is 9.80. The van der Waals surface area contributed by atoms with Crippen LogP contribution in [0.3, 0.4) is 0 Å². The summed E-state index contributed by atoms with van der Waals surface area (Å²) in [6.07, 6.45) is 3.29. The molecule has 19 heavy (non-hydrogen) atoms. The molecule has 0 saturated heterocycles. The van der Waals surface area contributed by atoms with E-state index in [2.05, 4.69) is 25.0 Å². The summed E-state index contributed by atoms with van der Waals surface area (Å²) in [5, 5.41) is 8.05. The summed E-state index contributed by atoms with van der Waals surface area (Å²) in [5.41, 5.74) is 11.5. The molecule has 0 amide bonds. The molecule has 0 saturated carbocycles. The Kier molecular flexibility index (Phi) is 2.76. The van der Waals surface area contributed by atoms with Crippen molar-refractivity contribution < 1.29 is 4.79 Å². The summed E-state index contributed by atoms with van der Waals surface area (Å²) in [4.78, 5) is 11.6. The maximum absolute atomic E-state index is 9.20. The van der Waals surface area contributed by atoms with Crippen molar-refractivity contribution in [2.45, 2.75) is 0 Å². The Balaban J connectivity index is 2.01. The maximum atomic E-state index is 9.20. The van der Waals surface area contributed by atoms with Gasteiger partial charge in [0.05, 0.1) is 11.4 Å². The highest BCUT2D eigenvalue weighted by Gasteiger charge is 2.33. The van der Waals surface area contributed by atoms with Crippen molar-refractivity contribution in [3.05, 3.63) is 65.7 Å². The van der Waals surface area contributed by atoms with Gasteiger partial charge < -0.3 is 5.53 Å². The van der Waals surface area contributed by atoms with Gasteiger partial charge in [0.1, 0.15) is 0 Å². The lowest BCUT2D eigenvalue weighted by atomic mass is 10.1. The number of pyridine rings is 2. The first-order valence-corrected chi connectivity index (χ1v) is 5.61. The van der Waals surface area contributed by atoms with Gasteiger partial charge in [0.2, 0.25) is 11.4 Å². The molecular weight excluding hydrogens is 240 g/mol. The quantitative estimate of drug-likeness (QED) is 0.593. The lowest BCUT2D eigenvalue weighted by Gasteiger charge is -1.96. The molecule has 3 rings (SSSR count). The van der Waals surface area contributed by atoms with Crippen LogP contribution in [0.25, 0.3) is 5.53 Å². The van der Waals surface area contributed by atoms with Crippen LogP contribution in [0, 0.1) is 0 Å². The van der Waals surface area contributed by atoms with E-state index in [1.54, 1.807) is 36.7 Å². The van der Waals surface area contributed by atoms with Gasteiger partial charge in [0.25, 0.3) is 0 Å². The molecule has 0 fully saturated rings. The van der Waals surface area contributed by atoms with Crippen LogP contribution in [0.15, 0.2) is 59.0 Å². The van der Waals surface area contributed by atoms with Crippen molar-refractivity contribution in [1.82, 2.24) is 9.97 Å². The normalized spacial score (nSPS) is 13.8. The van der Waals surface area contributed by atoms with Gasteiger partial charge in [0, 0.05) is 12.4 Å². The molecule has 6 heteroatoms. The third-order valence-corrected chi connectivity index (χ3v) is 2.61. The van der Waals surface area contributed by atoms with Gasteiger partial charge in [-0.25, -0.2) is 0 Å². The molecule has 2 aromatic rings. The van der Waals surface area contributed by atoms with Crippen molar-refractivity contribution in [3.63, 3.8) is 0 Å². The van der Waals surface area contributed by atoms with Gasteiger partial charge >= 0.3 is 5.71 Å². The van der Waals surface area contributed by atoms with Crippen molar-refractivity contribution in [2.24, 2.45) is 10.2 Å². The molecule has 6 nitrogen and oxygen atoms in total. The summed E-state index contributed by atoms with van der Waals surface area (Å²) in [5.74, 6) is 0. The SMILES string of the molecule is [N-]=[N+]=C1C(c2ccccn2)=NN=C1c1ccccn1. The number of hydrogen-bond acceptors (Lipinski definition) is 4. The number of hydrogen-bond donors (Lipinski definition) is 0. The molecule has 90 valence electrons. The average Bonchev–Trinajstić information content (AvgIpc) is 2.93. The van der Waals surface area contributed by atoms with Crippen LogP contribution in [-0.4, -0.2) is 31.9 Å². The number of nitrogens with zero attached hydrogens (tertiary/aromatic N) is 6. The van der Waals surface area contributed by atoms with E-state index in [-0.39, 0.29) is 5.71 Å². The van der Waals surface area contributed by atoms with E-state index in [1.165, 1.54) is 0 Å². The predicted octanol–water partition coefficient (Wildman–Crippen LogP) is 1.35. The van der Waals surface area contributed by atoms with Crippen LogP contribution in [-0.2, 0) is 0 Å². The predicted molar refractivity (Wildman–Crippen MR) is 70.2 cm³/mol. The molecule has 0 atom stereocenters. The third-order valence-electron chi connectivity index (χ3n) is 2.61. The standard InChI is InChI=1S/C13H8N6/c14-17-13-11(9-5-1-3-7-15-9)18-19-12(13)10-6-2-4-8-16-10/h1-8H. The third kappa shape index (κ3) is 1.96. The fourth-order valence-electron chi connectivity index (χ4n) is 1.75. The van der Waals surface area contributed by atoms with E-state index in [0.29, 0.717) is 22.8 Å². The van der Waals surface area contributed by atoms with Crippen LogP contribution in [0.5, 0.6) is 0 Å². The van der Waals surface area contributed by atoms with E-state index in [1.807, 2.05) is 12.1 Å². The van der Waals surface area contributed by atoms with Crippen molar-refractivity contribution in [1.29, 1.82) is 0 Å². The van der Waals surface area contributed by atoms with Crippen molar-refractivity contribution in [2.75, 3.05) is 0 Å². The highest BCUT2D eigenvalue weighted by Crippen LogP contribution is 2.10. The van der Waals surface area contributed by atoms with E-state index < -0.39 is 0 Å². The molecule has 1 aliphatic rings. The molecule has 3 heterocycles. The monoisotopic (exact) mass is 248 g/mol. The lowest BCUT2D eigenvalue weighted by Crippen LogP contribution is -2.24. The zero-order valence-corrected chi connectivity index (χ0v) is 9.80. The first kappa shape index (κ1) is 11.1. The highest BCUT2D eigenvalue weighted by atomic mass is 15.3. The summed E-state index contributed by atoms with van der Waals surface area (Å²) in [6.45, 7) is 0. The zero-order chi connectivity index (χ0) is 13.1. The molecule has 0 radical (unpaired) electrons. The molecule has 0 N–H and O–H groups in total. The van der Waals surface area contributed by atoms with Crippen LogP contribution in [0.4, 0.5) is 0 Å². The van der Waals surface area contributed by atoms with E-state index in [0.717, 1.165) is 0 Å². The molecule has 0 unspecified atom stereocenters. The van der Waals surface area contributed by atoms with Gasteiger partial charge in [-0.1, -0.05) is 12.1 Å². The first-order chi connectivity index (χ1) is 9.40. The minimum absolute atomic E-state index is 0.275. The molecule has 0 aliphatic carbocycles. The Hall–Kier alpha value is -2.98. The molecule has 1 aliphatic heterocycles. The van der Waals surface area contributed by atoms with Gasteiger partial charge in [-0.15, -0.1) is 10.2 Å². The first-order valence-electron chi connectivity index (χ1n) is 5.61. The average molecular weight is 248 g/mol. The van der Waals surface area contributed by atoms with Crippen LogP contribution < -0.4 is 0 Å². The Morgan fingerprint density at radius 1 is 0.789 bits per heavy atom. The molecule has 2 aromatic heterocycles. The van der Waals surface area contributed by atoms with E-state index in [9.17, 15) is 5.53 Å². The topological polar surface area (TPSA) is 86.9 Å². The molecule has 0 bridgehead atoms. The lowest BCUT2D eigenvalue weighted by molar-refractivity contribution is 0.00201. The summed E-state index contributed by atoms with van der Waals surface area (Å²) >= 11 is 0. The molecule has 0 spiro atoms. The van der Waals surface area contributed by atoms with Crippen LogP contribution >= 0.6 is 0 Å². The number of rotatable bonds is 2. The molecular formula is C13H8N6. The summed E-state index contributed by atoms with van der Waals surface area (Å²) in [6, 6.07) is 10.8. The van der Waals surface area contributed by atoms with Gasteiger partial charge in [-0.2, -0.15) is 4.79 Å². The summed E-state index contributed by atoms with van der Waals surface area (Å²) in [7, 11) is 0. The van der Waals surface area contributed by atoms with Crippen LogP contribution in [0.1, 0.15) is 11.4 Å². The highest BCUT2D eigenvalue weighted by molar-refractivity contribution is 6.73. The summed E-state index contributed by atoms with van der Waals surface area (Å²) < 4.78 is 0. The Bertz CT molecular complexity index is 654. The minimum Gasteiger partial charge on any atom is -0.361 e. The van der Waals surface area contributed by atoms with Crippen molar-refractivity contribution >= 4 is 17.1 Å². The van der Waals surface area contributed by atoms with Crippen LogP contribution in [0.2, 0.25) is 0 Å². The largest absolute Gasteiger partial charge is 0.374 e. The fourth-order valence-corrected chi connectivity index (χ4v) is 1.75. The number of aromatic nitrogens is 2. The molecule has 0 aromatic carbocycles. The van der Waals surface area contributed by atoms with Gasteiger partial charge in [0.15, 0.2) is 0 Å². The second-order valence-corrected chi connectivity index (χ2v) is 3.78. The van der Waals surface area contributed by atoms with Crippen molar-refractivity contribution in [3.8, 4) is 0 Å². The van der Waals surface area contributed by atoms with E-state index >= 15 is 0 Å². The Morgan fingerprint density at radius 2 is 1.32 bits per heavy atom. The fraction of sp³-hybridized carbons (Fsp3) is 0. The smallest absolute Gasteiger partial charge is 0.361 e. The maximum Gasteiger partial charge on any atom is 0.374 e. The minimum atomic E-state index is 0.275. The van der Waals surface area contributed by atoms with Gasteiger partial charge in [-0.05, 0) is 24.3 Å².